The first-order valence-electron chi connectivity index (χ1n) is 10.2. The van der Waals surface area contributed by atoms with E-state index in [1.807, 2.05) is 24.3 Å². The normalized spacial score (nSPS) is 16.7. The van der Waals surface area contributed by atoms with Gasteiger partial charge in [-0.05, 0) is 42.0 Å². The number of hydrogen-bond donors (Lipinski definition) is 3. The van der Waals surface area contributed by atoms with Crippen molar-refractivity contribution in [2.75, 3.05) is 0 Å². The Kier molecular flexibility index (Phi) is 4.81. The SMILES string of the molecule is NC(=O)c1nn(-c2ccc(O)cc2)c2c1C(N)(C(=O)c1ccccc1Cl)Cc1ccccc1-2. The van der Waals surface area contributed by atoms with Crippen molar-refractivity contribution < 1.29 is 14.7 Å². The van der Waals surface area contributed by atoms with Gasteiger partial charge in [0.05, 0.1) is 16.4 Å². The lowest BCUT2D eigenvalue weighted by Crippen LogP contribution is -2.50. The maximum atomic E-state index is 13.8. The molecule has 3 aromatic carbocycles. The van der Waals surface area contributed by atoms with Gasteiger partial charge in [0.25, 0.3) is 5.91 Å². The van der Waals surface area contributed by atoms with Crippen LogP contribution in [0.15, 0.2) is 72.8 Å². The van der Waals surface area contributed by atoms with E-state index in [0.29, 0.717) is 11.4 Å². The molecule has 5 rings (SSSR count). The van der Waals surface area contributed by atoms with Crippen LogP contribution in [0.5, 0.6) is 5.75 Å². The molecule has 0 saturated carbocycles. The van der Waals surface area contributed by atoms with Crippen molar-refractivity contribution in [2.24, 2.45) is 11.5 Å². The molecule has 5 N–H and O–H groups in total. The van der Waals surface area contributed by atoms with Crippen LogP contribution in [0.2, 0.25) is 5.02 Å². The van der Waals surface area contributed by atoms with Gasteiger partial charge in [-0.1, -0.05) is 48.0 Å². The van der Waals surface area contributed by atoms with Gasteiger partial charge in [-0.15, -0.1) is 0 Å². The second kappa shape index (κ2) is 7.58. The molecule has 1 amide bonds. The summed E-state index contributed by atoms with van der Waals surface area (Å²) in [5, 5.41) is 14.5. The highest BCUT2D eigenvalue weighted by molar-refractivity contribution is 6.34. The standard InChI is InChI=1S/C25H19ClN4O3/c26-19-8-4-3-7-18(19)23(32)25(28)13-14-5-1-2-6-17(14)22-20(25)21(24(27)33)29-30(22)15-9-11-16(31)12-10-15/h1-12,31H,13,28H2,(H2,27,33). The third kappa shape index (κ3) is 3.21. The molecule has 1 unspecified atom stereocenters. The molecule has 0 radical (unpaired) electrons. The third-order valence-corrected chi connectivity index (χ3v) is 6.25. The predicted octanol–water partition coefficient (Wildman–Crippen LogP) is 3.59. The number of primary amides is 1. The molecule has 0 bridgehead atoms. The number of halogens is 1. The Balaban J connectivity index is 1.85. The van der Waals surface area contributed by atoms with E-state index in [9.17, 15) is 14.7 Å². The first-order valence-corrected chi connectivity index (χ1v) is 10.6. The lowest BCUT2D eigenvalue weighted by molar-refractivity contribution is 0.0882. The smallest absolute Gasteiger partial charge is 0.269 e. The van der Waals surface area contributed by atoms with E-state index < -0.39 is 17.2 Å². The van der Waals surface area contributed by atoms with Gasteiger partial charge in [0, 0.05) is 23.1 Å². The minimum absolute atomic E-state index is 0.0809. The average molecular weight is 459 g/mol. The third-order valence-electron chi connectivity index (χ3n) is 5.92. The molecular formula is C25H19ClN4O3. The fourth-order valence-electron chi connectivity index (χ4n) is 4.42. The fourth-order valence-corrected chi connectivity index (χ4v) is 4.64. The monoisotopic (exact) mass is 458 g/mol. The Labute approximate surface area is 194 Å². The van der Waals surface area contributed by atoms with Crippen molar-refractivity contribution in [3.05, 3.63) is 100 Å². The zero-order valence-corrected chi connectivity index (χ0v) is 18.1. The van der Waals surface area contributed by atoms with E-state index in [4.69, 9.17) is 23.1 Å². The molecule has 1 aromatic heterocycles. The highest BCUT2D eigenvalue weighted by Gasteiger charge is 2.48. The molecule has 8 heteroatoms. The summed E-state index contributed by atoms with van der Waals surface area (Å²) in [5.74, 6) is -1.15. The van der Waals surface area contributed by atoms with Crippen molar-refractivity contribution in [3.8, 4) is 22.7 Å². The number of phenolic OH excluding ortho intramolecular Hbond substituents is 1. The van der Waals surface area contributed by atoms with Gasteiger partial charge in [0.2, 0.25) is 0 Å². The molecule has 0 fully saturated rings. The van der Waals surface area contributed by atoms with Crippen molar-refractivity contribution in [1.82, 2.24) is 9.78 Å². The van der Waals surface area contributed by atoms with E-state index in [1.165, 1.54) is 16.8 Å². The summed E-state index contributed by atoms with van der Waals surface area (Å²) in [6.07, 6.45) is 0.141. The van der Waals surface area contributed by atoms with Crippen LogP contribution in [0.25, 0.3) is 16.9 Å². The number of benzene rings is 3. The number of ketones is 1. The molecule has 0 aliphatic heterocycles. The Hall–Kier alpha value is -3.94. The number of phenols is 1. The number of carbonyl (C=O) groups excluding carboxylic acids is 2. The fraction of sp³-hybridized carbons (Fsp3) is 0.0800. The molecule has 7 nitrogen and oxygen atoms in total. The van der Waals surface area contributed by atoms with Crippen LogP contribution < -0.4 is 11.5 Å². The number of aromatic hydroxyl groups is 1. The molecule has 164 valence electrons. The summed E-state index contributed by atoms with van der Waals surface area (Å²) in [6.45, 7) is 0. The summed E-state index contributed by atoms with van der Waals surface area (Å²) in [4.78, 5) is 26.4. The molecule has 4 aromatic rings. The number of rotatable bonds is 4. The quantitative estimate of drug-likeness (QED) is 0.403. The van der Waals surface area contributed by atoms with Crippen LogP contribution in [0, 0.1) is 0 Å². The minimum atomic E-state index is -1.63. The number of nitrogens with two attached hydrogens (primary N) is 2. The Morgan fingerprint density at radius 1 is 1.00 bits per heavy atom. The van der Waals surface area contributed by atoms with Crippen molar-refractivity contribution in [3.63, 3.8) is 0 Å². The Bertz CT molecular complexity index is 1430. The lowest BCUT2D eigenvalue weighted by Gasteiger charge is -2.34. The van der Waals surface area contributed by atoms with Crippen LogP contribution >= 0.6 is 11.6 Å². The number of fused-ring (bicyclic) bond motifs is 3. The van der Waals surface area contributed by atoms with Crippen molar-refractivity contribution in [2.45, 2.75) is 12.0 Å². The van der Waals surface area contributed by atoms with Crippen LogP contribution in [0.1, 0.15) is 32.0 Å². The van der Waals surface area contributed by atoms with Crippen LogP contribution in [0.3, 0.4) is 0 Å². The molecule has 33 heavy (non-hydrogen) atoms. The number of hydrogen-bond acceptors (Lipinski definition) is 5. The van der Waals surface area contributed by atoms with E-state index >= 15 is 0 Å². The van der Waals surface area contributed by atoms with Gasteiger partial charge in [-0.2, -0.15) is 5.10 Å². The average Bonchev–Trinajstić information content (AvgIpc) is 3.22. The zero-order valence-electron chi connectivity index (χ0n) is 17.3. The minimum Gasteiger partial charge on any atom is -0.508 e. The molecule has 1 atom stereocenters. The molecule has 1 heterocycles. The van der Waals surface area contributed by atoms with Crippen LogP contribution in [0.4, 0.5) is 0 Å². The van der Waals surface area contributed by atoms with E-state index in [2.05, 4.69) is 5.10 Å². The highest BCUT2D eigenvalue weighted by atomic mass is 35.5. The van der Waals surface area contributed by atoms with E-state index in [-0.39, 0.29) is 34.0 Å². The maximum Gasteiger partial charge on any atom is 0.269 e. The topological polar surface area (TPSA) is 124 Å². The van der Waals surface area contributed by atoms with Gasteiger partial charge in [0.1, 0.15) is 11.3 Å². The molecular weight excluding hydrogens is 440 g/mol. The van der Waals surface area contributed by atoms with Gasteiger partial charge >= 0.3 is 0 Å². The van der Waals surface area contributed by atoms with Crippen molar-refractivity contribution in [1.29, 1.82) is 0 Å². The Morgan fingerprint density at radius 3 is 2.36 bits per heavy atom. The second-order valence-electron chi connectivity index (χ2n) is 7.98. The van der Waals surface area contributed by atoms with Crippen LogP contribution in [-0.2, 0) is 12.0 Å². The van der Waals surface area contributed by atoms with Crippen molar-refractivity contribution >= 4 is 23.3 Å². The highest BCUT2D eigenvalue weighted by Crippen LogP contribution is 2.45. The number of carbonyl (C=O) groups is 2. The first-order chi connectivity index (χ1) is 15.8. The summed E-state index contributed by atoms with van der Waals surface area (Å²) in [5.41, 5.74) is 14.1. The molecule has 1 aliphatic carbocycles. The molecule has 0 saturated heterocycles. The number of nitrogens with zero attached hydrogens (tertiary/aromatic N) is 2. The summed E-state index contributed by atoms with van der Waals surface area (Å²) in [6, 6.07) is 20.5. The summed E-state index contributed by atoms with van der Waals surface area (Å²) in [7, 11) is 0. The second-order valence-corrected chi connectivity index (χ2v) is 8.39. The Morgan fingerprint density at radius 2 is 1.67 bits per heavy atom. The number of amides is 1. The number of aromatic nitrogens is 2. The van der Waals surface area contributed by atoms with Gasteiger partial charge in [-0.3, -0.25) is 9.59 Å². The lowest BCUT2D eigenvalue weighted by atomic mass is 9.72. The molecule has 1 aliphatic rings. The molecule has 0 spiro atoms. The first kappa shape index (κ1) is 20.9. The number of Topliss-reactive ketones (excluding diaryl/α,β-unsaturated/α-hetero) is 1. The van der Waals surface area contributed by atoms with E-state index in [0.717, 1.165) is 11.1 Å². The summed E-state index contributed by atoms with van der Waals surface area (Å²) >= 11 is 6.33. The van der Waals surface area contributed by atoms with Gasteiger partial charge in [0.15, 0.2) is 11.5 Å². The van der Waals surface area contributed by atoms with Crippen LogP contribution in [-0.4, -0.2) is 26.6 Å². The van der Waals surface area contributed by atoms with Gasteiger partial charge < -0.3 is 16.6 Å². The van der Waals surface area contributed by atoms with Gasteiger partial charge in [-0.25, -0.2) is 4.68 Å². The predicted molar refractivity (Wildman–Crippen MR) is 125 cm³/mol. The largest absolute Gasteiger partial charge is 0.508 e. The zero-order chi connectivity index (χ0) is 23.3. The summed E-state index contributed by atoms with van der Waals surface area (Å²) < 4.78 is 1.54. The maximum absolute atomic E-state index is 13.8. The van der Waals surface area contributed by atoms with E-state index in [1.54, 1.807) is 36.4 Å².